The van der Waals surface area contributed by atoms with Gasteiger partial charge >= 0.3 is 0 Å². The molecule has 0 heterocycles. The Bertz CT molecular complexity index is 288. The van der Waals surface area contributed by atoms with Gasteiger partial charge in [0.2, 0.25) is 10.0 Å². The minimum Gasteiger partial charge on any atom is -0.214 e. The highest BCUT2D eigenvalue weighted by Crippen LogP contribution is 2.28. The van der Waals surface area contributed by atoms with E-state index in [0.29, 0.717) is 12.5 Å². The van der Waals surface area contributed by atoms with E-state index < -0.39 is 15.8 Å². The molecule has 0 unspecified atom stereocenters. The van der Waals surface area contributed by atoms with Crippen molar-refractivity contribution in [1.82, 2.24) is 4.72 Å². The molecule has 1 N–H and O–H groups in total. The highest BCUT2D eigenvalue weighted by Gasteiger charge is 2.17. The summed E-state index contributed by atoms with van der Waals surface area (Å²) in [6, 6.07) is 1.62. The molecule has 1 saturated carbocycles. The second-order valence-electron chi connectivity index (χ2n) is 3.40. The number of nitriles is 1. The summed E-state index contributed by atoms with van der Waals surface area (Å²) in [5.41, 5.74) is 0. The zero-order valence-corrected chi connectivity index (χ0v) is 8.31. The quantitative estimate of drug-likeness (QED) is 0.710. The van der Waals surface area contributed by atoms with Crippen LogP contribution in [0.1, 0.15) is 25.7 Å². The Hall–Kier alpha value is -0.600. The van der Waals surface area contributed by atoms with Gasteiger partial charge in [-0.25, -0.2) is 13.1 Å². The van der Waals surface area contributed by atoms with Crippen molar-refractivity contribution < 1.29 is 8.42 Å². The molecule has 0 atom stereocenters. The van der Waals surface area contributed by atoms with Crippen molar-refractivity contribution in [3.8, 4) is 6.07 Å². The maximum atomic E-state index is 11.0. The zero-order chi connectivity index (χ0) is 9.73. The standard InChI is InChI=1S/C8H14N2O2S/c9-5-7-13(11,12)10-6-4-8-2-1-3-8/h8,10H,1-4,6-7H2. The molecule has 0 bridgehead atoms. The minimum absolute atomic E-state index is 0.433. The van der Waals surface area contributed by atoms with Crippen molar-refractivity contribution in [1.29, 1.82) is 5.26 Å². The molecule has 1 rings (SSSR count). The van der Waals surface area contributed by atoms with E-state index in [9.17, 15) is 8.42 Å². The molecule has 0 aromatic rings. The van der Waals surface area contributed by atoms with Crippen molar-refractivity contribution in [2.75, 3.05) is 12.3 Å². The number of hydrogen-bond acceptors (Lipinski definition) is 3. The van der Waals surface area contributed by atoms with Gasteiger partial charge in [0.05, 0.1) is 6.07 Å². The van der Waals surface area contributed by atoms with Crippen LogP contribution in [0.15, 0.2) is 0 Å². The van der Waals surface area contributed by atoms with Crippen LogP contribution in [0.25, 0.3) is 0 Å². The summed E-state index contributed by atoms with van der Waals surface area (Å²) < 4.78 is 24.4. The van der Waals surface area contributed by atoms with Gasteiger partial charge in [0.15, 0.2) is 5.75 Å². The first-order valence-electron chi connectivity index (χ1n) is 4.48. The Morgan fingerprint density at radius 1 is 1.46 bits per heavy atom. The Morgan fingerprint density at radius 2 is 2.15 bits per heavy atom. The molecule has 0 aromatic heterocycles. The Balaban J connectivity index is 2.14. The van der Waals surface area contributed by atoms with Gasteiger partial charge in [0.25, 0.3) is 0 Å². The van der Waals surface area contributed by atoms with Crippen molar-refractivity contribution in [2.45, 2.75) is 25.7 Å². The maximum Gasteiger partial charge on any atom is 0.225 e. The fourth-order valence-electron chi connectivity index (χ4n) is 1.34. The lowest BCUT2D eigenvalue weighted by Gasteiger charge is -2.24. The van der Waals surface area contributed by atoms with Crippen LogP contribution >= 0.6 is 0 Å². The van der Waals surface area contributed by atoms with Crippen LogP contribution in [0.5, 0.6) is 0 Å². The zero-order valence-electron chi connectivity index (χ0n) is 7.49. The number of nitrogens with zero attached hydrogens (tertiary/aromatic N) is 1. The average molecular weight is 202 g/mol. The predicted molar refractivity (Wildman–Crippen MR) is 49.4 cm³/mol. The summed E-state index contributed by atoms with van der Waals surface area (Å²) >= 11 is 0. The van der Waals surface area contributed by atoms with Gasteiger partial charge in [-0.3, -0.25) is 0 Å². The lowest BCUT2D eigenvalue weighted by atomic mass is 9.83. The van der Waals surface area contributed by atoms with E-state index in [0.717, 1.165) is 6.42 Å². The van der Waals surface area contributed by atoms with Gasteiger partial charge in [0, 0.05) is 6.54 Å². The third-order valence-electron chi connectivity index (χ3n) is 2.35. The van der Waals surface area contributed by atoms with E-state index in [1.54, 1.807) is 6.07 Å². The molecule has 1 fully saturated rings. The summed E-state index contributed by atoms with van der Waals surface area (Å²) in [5.74, 6) is 0.266. The number of rotatable bonds is 5. The monoisotopic (exact) mass is 202 g/mol. The van der Waals surface area contributed by atoms with E-state index in [1.807, 2.05) is 0 Å². The van der Waals surface area contributed by atoms with Crippen LogP contribution < -0.4 is 4.72 Å². The van der Waals surface area contributed by atoms with E-state index >= 15 is 0 Å². The Kier molecular flexibility index (Phi) is 3.70. The molecule has 0 spiro atoms. The average Bonchev–Trinajstić information content (AvgIpc) is 1.94. The van der Waals surface area contributed by atoms with Crippen LogP contribution in [0.4, 0.5) is 0 Å². The van der Waals surface area contributed by atoms with Crippen LogP contribution in [0.2, 0.25) is 0 Å². The Labute approximate surface area is 79.0 Å². The van der Waals surface area contributed by atoms with Crippen molar-refractivity contribution >= 4 is 10.0 Å². The number of hydrogen-bond donors (Lipinski definition) is 1. The summed E-state index contributed by atoms with van der Waals surface area (Å²) in [5, 5.41) is 8.20. The molecule has 4 nitrogen and oxygen atoms in total. The lowest BCUT2D eigenvalue weighted by Crippen LogP contribution is -2.29. The second kappa shape index (κ2) is 4.58. The second-order valence-corrected chi connectivity index (χ2v) is 5.20. The van der Waals surface area contributed by atoms with Crippen molar-refractivity contribution in [3.63, 3.8) is 0 Å². The van der Waals surface area contributed by atoms with Gasteiger partial charge in [-0.15, -0.1) is 0 Å². The largest absolute Gasteiger partial charge is 0.225 e. The first-order valence-corrected chi connectivity index (χ1v) is 6.13. The molecule has 74 valence electrons. The molecule has 0 aromatic carbocycles. The smallest absolute Gasteiger partial charge is 0.214 e. The van der Waals surface area contributed by atoms with Crippen molar-refractivity contribution in [2.24, 2.45) is 5.92 Å². The van der Waals surface area contributed by atoms with Gasteiger partial charge in [0.1, 0.15) is 0 Å². The molecule has 0 amide bonds. The van der Waals surface area contributed by atoms with E-state index in [4.69, 9.17) is 5.26 Å². The van der Waals surface area contributed by atoms with Gasteiger partial charge in [-0.2, -0.15) is 5.26 Å². The lowest BCUT2D eigenvalue weighted by molar-refractivity contribution is 0.297. The first kappa shape index (κ1) is 10.5. The molecule has 0 radical (unpaired) electrons. The van der Waals surface area contributed by atoms with Gasteiger partial charge in [-0.1, -0.05) is 19.3 Å². The topological polar surface area (TPSA) is 70.0 Å². The summed E-state index contributed by atoms with van der Waals surface area (Å²) in [6.07, 6.45) is 4.63. The molecule has 0 aliphatic heterocycles. The van der Waals surface area contributed by atoms with Gasteiger partial charge < -0.3 is 0 Å². The van der Waals surface area contributed by atoms with Crippen LogP contribution in [0, 0.1) is 17.2 Å². The van der Waals surface area contributed by atoms with Crippen LogP contribution in [0.3, 0.4) is 0 Å². The van der Waals surface area contributed by atoms with Gasteiger partial charge in [-0.05, 0) is 12.3 Å². The molecular formula is C8H14N2O2S. The number of sulfonamides is 1. The highest BCUT2D eigenvalue weighted by atomic mass is 32.2. The van der Waals surface area contributed by atoms with E-state index in [2.05, 4.69) is 4.72 Å². The molecular weight excluding hydrogens is 188 g/mol. The van der Waals surface area contributed by atoms with Crippen LogP contribution in [-0.2, 0) is 10.0 Å². The Morgan fingerprint density at radius 3 is 2.62 bits per heavy atom. The third-order valence-corrected chi connectivity index (χ3v) is 3.51. The van der Waals surface area contributed by atoms with E-state index in [-0.39, 0.29) is 0 Å². The van der Waals surface area contributed by atoms with Crippen LogP contribution in [-0.4, -0.2) is 20.7 Å². The van der Waals surface area contributed by atoms with Crippen molar-refractivity contribution in [3.05, 3.63) is 0 Å². The summed E-state index contributed by atoms with van der Waals surface area (Å²) in [4.78, 5) is 0. The highest BCUT2D eigenvalue weighted by molar-refractivity contribution is 7.89. The summed E-state index contributed by atoms with van der Waals surface area (Å²) in [7, 11) is -3.32. The minimum atomic E-state index is -3.32. The fraction of sp³-hybridized carbons (Fsp3) is 0.875. The molecule has 5 heteroatoms. The predicted octanol–water partition coefficient (Wildman–Crippen LogP) is 0.620. The fourth-order valence-corrected chi connectivity index (χ4v) is 2.04. The van der Waals surface area contributed by atoms with E-state index in [1.165, 1.54) is 19.3 Å². The third kappa shape index (κ3) is 3.75. The normalized spacial score (nSPS) is 17.8. The maximum absolute atomic E-state index is 11.0. The molecule has 1 aliphatic rings. The number of nitrogens with one attached hydrogen (secondary N) is 1. The molecule has 13 heavy (non-hydrogen) atoms. The summed E-state index contributed by atoms with van der Waals surface area (Å²) in [6.45, 7) is 0.481. The molecule has 1 aliphatic carbocycles. The SMILES string of the molecule is N#CCS(=O)(=O)NCCC1CCC1. The molecule has 0 saturated heterocycles. The first-order chi connectivity index (χ1) is 6.14.